The van der Waals surface area contributed by atoms with Crippen molar-refractivity contribution < 1.29 is 24.3 Å². The molecule has 0 saturated heterocycles. The third-order valence-corrected chi connectivity index (χ3v) is 1.63. The summed E-state index contributed by atoms with van der Waals surface area (Å²) in [5.41, 5.74) is -0.288. The van der Waals surface area contributed by atoms with E-state index in [1.165, 1.54) is 0 Å². The molecular formula is C12H24O5. The molecule has 0 bridgehead atoms. The van der Waals surface area contributed by atoms with Gasteiger partial charge in [-0.05, 0) is 33.6 Å². The molecule has 0 aliphatic rings. The van der Waals surface area contributed by atoms with Crippen molar-refractivity contribution in [2.75, 3.05) is 13.2 Å². The lowest BCUT2D eigenvalue weighted by Gasteiger charge is -2.17. The van der Waals surface area contributed by atoms with Gasteiger partial charge in [-0.2, -0.15) is 4.89 Å². The van der Waals surface area contributed by atoms with Crippen LogP contribution >= 0.6 is 0 Å². The summed E-state index contributed by atoms with van der Waals surface area (Å²) in [5, 5.41) is 0. The highest BCUT2D eigenvalue weighted by molar-refractivity contribution is 5.70. The summed E-state index contributed by atoms with van der Waals surface area (Å²) < 4.78 is 0. The summed E-state index contributed by atoms with van der Waals surface area (Å²) >= 11 is 0. The number of carbonyl (C=O) groups is 1. The normalized spacial score (nSPS) is 11.9. The Hall–Kier alpha value is -0.650. The predicted molar refractivity (Wildman–Crippen MR) is 62.9 cm³/mol. The van der Waals surface area contributed by atoms with E-state index < -0.39 is 0 Å². The molecule has 0 spiro atoms. The van der Waals surface area contributed by atoms with Gasteiger partial charge >= 0.3 is 5.97 Å². The summed E-state index contributed by atoms with van der Waals surface area (Å²) in [6, 6.07) is 0. The molecule has 0 rings (SSSR count). The molecule has 0 amide bonds. The first-order valence-corrected chi connectivity index (χ1v) is 5.97. The monoisotopic (exact) mass is 248 g/mol. The van der Waals surface area contributed by atoms with Gasteiger partial charge in [-0.15, -0.1) is 0 Å². The summed E-state index contributed by atoms with van der Waals surface area (Å²) in [5.74, 6) is -0.518. The van der Waals surface area contributed by atoms with Crippen LogP contribution in [0.1, 0.15) is 47.5 Å². The third-order valence-electron chi connectivity index (χ3n) is 1.63. The van der Waals surface area contributed by atoms with E-state index in [1.54, 1.807) is 13.8 Å². The van der Waals surface area contributed by atoms with Crippen LogP contribution in [-0.4, -0.2) is 24.8 Å². The standard InChI is InChI=1S/C12H24O5/c1-10(2)11(13)16-14-8-6-7-9-15-17-12(3,4)5/h10H,6-9H2,1-5H3. The molecule has 0 aromatic rings. The zero-order valence-corrected chi connectivity index (χ0v) is 11.4. The van der Waals surface area contributed by atoms with E-state index >= 15 is 0 Å². The molecule has 0 fully saturated rings. The van der Waals surface area contributed by atoms with E-state index in [1.807, 2.05) is 20.8 Å². The third kappa shape index (κ3) is 11.6. The van der Waals surface area contributed by atoms with E-state index in [0.717, 1.165) is 12.8 Å². The maximum absolute atomic E-state index is 11.0. The van der Waals surface area contributed by atoms with Crippen molar-refractivity contribution in [3.8, 4) is 0 Å². The van der Waals surface area contributed by atoms with Crippen molar-refractivity contribution in [2.24, 2.45) is 5.92 Å². The first-order chi connectivity index (χ1) is 7.83. The zero-order chi connectivity index (χ0) is 13.3. The van der Waals surface area contributed by atoms with Crippen molar-refractivity contribution >= 4 is 5.97 Å². The van der Waals surface area contributed by atoms with E-state index in [0.29, 0.717) is 13.2 Å². The summed E-state index contributed by atoms with van der Waals surface area (Å²) in [6.45, 7) is 10.1. The van der Waals surface area contributed by atoms with E-state index in [-0.39, 0.29) is 17.5 Å². The summed E-state index contributed by atoms with van der Waals surface area (Å²) in [7, 11) is 0. The molecule has 5 heteroatoms. The number of unbranched alkanes of at least 4 members (excludes halogenated alkanes) is 1. The van der Waals surface area contributed by atoms with Gasteiger partial charge in [0.1, 0.15) is 0 Å². The fourth-order valence-corrected chi connectivity index (χ4v) is 0.736. The van der Waals surface area contributed by atoms with Crippen LogP contribution in [0.15, 0.2) is 0 Å². The molecule has 5 nitrogen and oxygen atoms in total. The zero-order valence-electron chi connectivity index (χ0n) is 11.4. The number of hydrogen-bond donors (Lipinski definition) is 0. The van der Waals surface area contributed by atoms with Gasteiger partial charge in [0.15, 0.2) is 0 Å². The van der Waals surface area contributed by atoms with Crippen LogP contribution in [-0.2, 0) is 24.3 Å². The minimum atomic E-state index is -0.350. The SMILES string of the molecule is CC(C)C(=O)OOCCCCOOC(C)(C)C. The Bertz CT molecular complexity index is 207. The highest BCUT2D eigenvalue weighted by Crippen LogP contribution is 2.07. The fraction of sp³-hybridized carbons (Fsp3) is 0.917. The topological polar surface area (TPSA) is 54.0 Å². The molecule has 0 radical (unpaired) electrons. The van der Waals surface area contributed by atoms with Crippen molar-refractivity contribution in [1.82, 2.24) is 0 Å². The molecule has 0 N–H and O–H groups in total. The minimum absolute atomic E-state index is 0.168. The van der Waals surface area contributed by atoms with Gasteiger partial charge in [-0.25, -0.2) is 14.6 Å². The van der Waals surface area contributed by atoms with Crippen LogP contribution in [0.25, 0.3) is 0 Å². The van der Waals surface area contributed by atoms with Crippen molar-refractivity contribution in [3.63, 3.8) is 0 Å². The summed E-state index contributed by atoms with van der Waals surface area (Å²) in [6.07, 6.45) is 1.54. The van der Waals surface area contributed by atoms with Gasteiger partial charge < -0.3 is 0 Å². The molecule has 0 atom stereocenters. The Morgan fingerprint density at radius 2 is 1.59 bits per heavy atom. The highest BCUT2D eigenvalue weighted by atomic mass is 17.2. The molecule has 0 unspecified atom stereocenters. The maximum Gasteiger partial charge on any atom is 0.344 e. The van der Waals surface area contributed by atoms with E-state index in [9.17, 15) is 4.79 Å². The first-order valence-electron chi connectivity index (χ1n) is 5.97. The smallest absolute Gasteiger partial charge is 0.298 e. The second-order valence-corrected chi connectivity index (χ2v) is 5.10. The fourth-order valence-electron chi connectivity index (χ4n) is 0.736. The van der Waals surface area contributed by atoms with Gasteiger partial charge in [0, 0.05) is 0 Å². The van der Waals surface area contributed by atoms with Crippen LogP contribution in [0.3, 0.4) is 0 Å². The lowest BCUT2D eigenvalue weighted by atomic mass is 10.2. The molecular weight excluding hydrogens is 224 g/mol. The van der Waals surface area contributed by atoms with Crippen LogP contribution < -0.4 is 0 Å². The van der Waals surface area contributed by atoms with Crippen LogP contribution in [0.5, 0.6) is 0 Å². The Morgan fingerprint density at radius 1 is 1.06 bits per heavy atom. The van der Waals surface area contributed by atoms with Gasteiger partial charge in [-0.1, -0.05) is 13.8 Å². The molecule has 0 aliphatic carbocycles. The van der Waals surface area contributed by atoms with Crippen LogP contribution in [0.4, 0.5) is 0 Å². The first kappa shape index (κ1) is 16.4. The molecule has 0 aromatic carbocycles. The second-order valence-electron chi connectivity index (χ2n) is 5.10. The largest absolute Gasteiger partial charge is 0.344 e. The molecule has 0 aliphatic heterocycles. The number of carbonyl (C=O) groups excluding carboxylic acids is 1. The maximum atomic E-state index is 11.0. The minimum Gasteiger partial charge on any atom is -0.298 e. The van der Waals surface area contributed by atoms with Crippen molar-refractivity contribution in [3.05, 3.63) is 0 Å². The van der Waals surface area contributed by atoms with Gasteiger partial charge in [0.05, 0.1) is 24.7 Å². The predicted octanol–water partition coefficient (Wildman–Crippen LogP) is 2.64. The highest BCUT2D eigenvalue weighted by Gasteiger charge is 2.11. The molecule has 17 heavy (non-hydrogen) atoms. The molecule has 102 valence electrons. The average Bonchev–Trinajstić information content (AvgIpc) is 2.19. The molecule has 0 saturated carbocycles. The van der Waals surface area contributed by atoms with Crippen LogP contribution in [0, 0.1) is 5.92 Å². The second kappa shape index (κ2) is 8.44. The van der Waals surface area contributed by atoms with Crippen molar-refractivity contribution in [2.45, 2.75) is 53.1 Å². The Morgan fingerprint density at radius 3 is 2.06 bits per heavy atom. The Labute approximate surface area is 103 Å². The van der Waals surface area contributed by atoms with E-state index in [4.69, 9.17) is 14.7 Å². The molecule has 0 aromatic heterocycles. The van der Waals surface area contributed by atoms with Crippen LogP contribution in [0.2, 0.25) is 0 Å². The lowest BCUT2D eigenvalue weighted by molar-refractivity contribution is -0.349. The molecule has 0 heterocycles. The number of rotatable bonds is 8. The lowest BCUT2D eigenvalue weighted by Crippen LogP contribution is -2.19. The number of hydrogen-bond acceptors (Lipinski definition) is 5. The van der Waals surface area contributed by atoms with Gasteiger partial charge in [-0.3, -0.25) is 4.89 Å². The average molecular weight is 248 g/mol. The van der Waals surface area contributed by atoms with E-state index in [2.05, 4.69) is 4.89 Å². The Balaban J connectivity index is 3.22. The Kier molecular flexibility index (Phi) is 8.12. The van der Waals surface area contributed by atoms with Gasteiger partial charge in [0.25, 0.3) is 0 Å². The quantitative estimate of drug-likeness (QED) is 0.375. The summed E-state index contributed by atoms with van der Waals surface area (Å²) in [4.78, 5) is 30.4. The van der Waals surface area contributed by atoms with Crippen molar-refractivity contribution in [1.29, 1.82) is 0 Å². The van der Waals surface area contributed by atoms with Gasteiger partial charge in [0.2, 0.25) is 0 Å².